The number of halogens is 1. The number of nitrogens with one attached hydrogen (secondary N) is 1. The first-order valence-corrected chi connectivity index (χ1v) is 10.7. The van der Waals surface area contributed by atoms with Gasteiger partial charge in [-0.2, -0.15) is 0 Å². The summed E-state index contributed by atoms with van der Waals surface area (Å²) in [5, 5.41) is 5.10. The van der Waals surface area contributed by atoms with Crippen molar-refractivity contribution in [3.63, 3.8) is 0 Å². The second-order valence-corrected chi connectivity index (χ2v) is 7.65. The molecule has 152 valence electrons. The van der Waals surface area contributed by atoms with E-state index in [4.69, 9.17) is 4.74 Å². The molecule has 1 aromatic carbocycles. The summed E-state index contributed by atoms with van der Waals surface area (Å²) >= 11 is 1.27. The van der Waals surface area contributed by atoms with Gasteiger partial charge in [0.05, 0.1) is 7.11 Å². The van der Waals surface area contributed by atoms with Gasteiger partial charge in [-0.3, -0.25) is 4.79 Å². The zero-order valence-electron chi connectivity index (χ0n) is 16.6. The average Bonchev–Trinajstić information content (AvgIpc) is 3.10. The van der Waals surface area contributed by atoms with Crippen LogP contribution in [-0.4, -0.2) is 19.0 Å². The summed E-state index contributed by atoms with van der Waals surface area (Å²) in [6, 6.07) is 5.89. The third-order valence-electron chi connectivity index (χ3n) is 4.60. The van der Waals surface area contributed by atoms with Crippen LogP contribution in [-0.2, 0) is 9.53 Å². The lowest BCUT2D eigenvalue weighted by Gasteiger charge is -2.08. The zero-order valence-corrected chi connectivity index (χ0v) is 17.4. The van der Waals surface area contributed by atoms with E-state index in [1.54, 1.807) is 17.5 Å². The maximum atomic E-state index is 13.2. The number of hydrogen-bond acceptors (Lipinski definition) is 4. The highest BCUT2D eigenvalue weighted by Crippen LogP contribution is 2.36. The first kappa shape index (κ1) is 22.1. The summed E-state index contributed by atoms with van der Waals surface area (Å²) in [6.07, 6.45) is 8.41. The molecule has 6 heteroatoms. The van der Waals surface area contributed by atoms with Crippen molar-refractivity contribution in [3.8, 4) is 11.1 Å². The molecule has 1 heterocycles. The molecule has 0 aliphatic rings. The van der Waals surface area contributed by atoms with E-state index >= 15 is 0 Å². The smallest absolute Gasteiger partial charge is 0.341 e. The van der Waals surface area contributed by atoms with Gasteiger partial charge in [0.2, 0.25) is 5.91 Å². The lowest BCUT2D eigenvalue weighted by Crippen LogP contribution is -2.13. The lowest BCUT2D eigenvalue weighted by atomic mass is 10.0. The third kappa shape index (κ3) is 6.44. The Hall–Kier alpha value is -2.21. The molecule has 2 aromatic rings. The van der Waals surface area contributed by atoms with Crippen LogP contribution in [0.5, 0.6) is 0 Å². The highest BCUT2D eigenvalue weighted by atomic mass is 32.1. The number of amides is 1. The van der Waals surface area contributed by atoms with Gasteiger partial charge in [-0.25, -0.2) is 9.18 Å². The third-order valence-corrected chi connectivity index (χ3v) is 5.49. The SMILES string of the molecule is CCCCCCCCCC(=O)Nc1scc(-c2ccc(F)cc2)c1C(=O)OC. The molecule has 1 aromatic heterocycles. The minimum atomic E-state index is -0.521. The number of rotatable bonds is 11. The molecule has 2 rings (SSSR count). The Bertz CT molecular complexity index is 771. The fourth-order valence-corrected chi connectivity index (χ4v) is 4.00. The van der Waals surface area contributed by atoms with E-state index < -0.39 is 5.97 Å². The summed E-state index contributed by atoms with van der Waals surface area (Å²) in [6.45, 7) is 2.19. The van der Waals surface area contributed by atoms with Crippen molar-refractivity contribution in [3.05, 3.63) is 41.0 Å². The highest BCUT2D eigenvalue weighted by molar-refractivity contribution is 7.15. The molecule has 0 saturated carbocycles. The predicted molar refractivity (Wildman–Crippen MR) is 112 cm³/mol. The van der Waals surface area contributed by atoms with Crippen molar-refractivity contribution in [2.75, 3.05) is 12.4 Å². The summed E-state index contributed by atoms with van der Waals surface area (Å²) < 4.78 is 18.1. The first-order valence-electron chi connectivity index (χ1n) is 9.82. The quantitative estimate of drug-likeness (QED) is 0.347. The van der Waals surface area contributed by atoms with Gasteiger partial charge in [-0.1, -0.05) is 57.6 Å². The predicted octanol–water partition coefficient (Wildman–Crippen LogP) is 6.42. The number of carbonyl (C=O) groups is 2. The van der Waals surface area contributed by atoms with Gasteiger partial charge in [0.15, 0.2) is 0 Å². The number of hydrogen-bond donors (Lipinski definition) is 1. The molecule has 0 atom stereocenters. The highest BCUT2D eigenvalue weighted by Gasteiger charge is 2.22. The lowest BCUT2D eigenvalue weighted by molar-refractivity contribution is -0.116. The molecule has 0 fully saturated rings. The maximum Gasteiger partial charge on any atom is 0.341 e. The van der Waals surface area contributed by atoms with Crippen LogP contribution in [0.15, 0.2) is 29.6 Å². The van der Waals surface area contributed by atoms with Crippen LogP contribution < -0.4 is 5.32 Å². The van der Waals surface area contributed by atoms with E-state index in [9.17, 15) is 14.0 Å². The van der Waals surface area contributed by atoms with E-state index in [0.717, 1.165) is 19.3 Å². The van der Waals surface area contributed by atoms with Crippen molar-refractivity contribution in [2.24, 2.45) is 0 Å². The molecule has 1 N–H and O–H groups in total. The van der Waals surface area contributed by atoms with Crippen molar-refractivity contribution < 1.29 is 18.7 Å². The van der Waals surface area contributed by atoms with Gasteiger partial charge < -0.3 is 10.1 Å². The number of benzene rings is 1. The fourth-order valence-electron chi connectivity index (χ4n) is 3.03. The Morgan fingerprint density at radius 3 is 2.32 bits per heavy atom. The molecule has 0 bridgehead atoms. The molecule has 0 saturated heterocycles. The summed E-state index contributed by atoms with van der Waals surface area (Å²) in [5.74, 6) is -0.972. The molecule has 1 amide bonds. The van der Waals surface area contributed by atoms with Gasteiger partial charge in [0, 0.05) is 17.4 Å². The van der Waals surface area contributed by atoms with Gasteiger partial charge in [0.25, 0.3) is 0 Å². The molecule has 0 unspecified atom stereocenters. The van der Waals surface area contributed by atoms with E-state index in [1.165, 1.54) is 56.3 Å². The van der Waals surface area contributed by atoms with Crippen LogP contribution >= 0.6 is 11.3 Å². The largest absolute Gasteiger partial charge is 0.465 e. The Morgan fingerprint density at radius 2 is 1.68 bits per heavy atom. The van der Waals surface area contributed by atoms with E-state index in [1.807, 2.05) is 0 Å². The van der Waals surface area contributed by atoms with Gasteiger partial charge in [0.1, 0.15) is 16.4 Å². The number of esters is 1. The molecular formula is C22H28FNO3S. The maximum absolute atomic E-state index is 13.2. The number of thiophene rings is 1. The van der Waals surface area contributed by atoms with E-state index in [2.05, 4.69) is 12.2 Å². The van der Waals surface area contributed by atoms with Crippen LogP contribution in [0.2, 0.25) is 0 Å². The van der Waals surface area contributed by atoms with Crippen LogP contribution in [0.1, 0.15) is 68.6 Å². The summed E-state index contributed by atoms with van der Waals surface area (Å²) in [4.78, 5) is 24.6. The number of anilines is 1. The van der Waals surface area contributed by atoms with Crippen molar-refractivity contribution in [1.82, 2.24) is 0 Å². The average molecular weight is 406 g/mol. The Labute approximate surface area is 170 Å². The molecule has 4 nitrogen and oxygen atoms in total. The van der Waals surface area contributed by atoms with Crippen LogP contribution in [0.3, 0.4) is 0 Å². The molecule has 0 aliphatic carbocycles. The van der Waals surface area contributed by atoms with Gasteiger partial charge >= 0.3 is 5.97 Å². The van der Waals surface area contributed by atoms with Crippen molar-refractivity contribution in [1.29, 1.82) is 0 Å². The normalized spacial score (nSPS) is 10.7. The van der Waals surface area contributed by atoms with E-state index in [0.29, 0.717) is 28.1 Å². The summed E-state index contributed by atoms with van der Waals surface area (Å²) in [7, 11) is 1.30. The zero-order chi connectivity index (χ0) is 20.4. The Balaban J connectivity index is 1.98. The van der Waals surface area contributed by atoms with Gasteiger partial charge in [-0.05, 0) is 24.1 Å². The van der Waals surface area contributed by atoms with E-state index in [-0.39, 0.29) is 11.7 Å². The molecule has 0 spiro atoms. The summed E-state index contributed by atoms with van der Waals surface area (Å²) in [5.41, 5.74) is 1.64. The molecular weight excluding hydrogens is 377 g/mol. The minimum absolute atomic E-state index is 0.105. The Kier molecular flexibility index (Phi) is 9.14. The number of ether oxygens (including phenoxy) is 1. The monoisotopic (exact) mass is 405 g/mol. The second kappa shape index (κ2) is 11.6. The molecule has 0 aliphatic heterocycles. The van der Waals surface area contributed by atoms with Crippen LogP contribution in [0.4, 0.5) is 9.39 Å². The molecule has 28 heavy (non-hydrogen) atoms. The fraction of sp³-hybridized carbons (Fsp3) is 0.455. The Morgan fingerprint density at radius 1 is 1.04 bits per heavy atom. The minimum Gasteiger partial charge on any atom is -0.465 e. The van der Waals surface area contributed by atoms with Crippen molar-refractivity contribution >= 4 is 28.2 Å². The number of carbonyl (C=O) groups excluding carboxylic acids is 2. The number of methoxy groups -OCH3 is 1. The standard InChI is InChI=1S/C22H28FNO3S/c1-3-4-5-6-7-8-9-10-19(25)24-21-20(22(26)27-2)18(15-28-21)16-11-13-17(23)14-12-16/h11-15H,3-10H2,1-2H3,(H,24,25). The van der Waals surface area contributed by atoms with Crippen molar-refractivity contribution in [2.45, 2.75) is 58.3 Å². The number of unbranched alkanes of at least 4 members (excludes halogenated alkanes) is 6. The first-order chi connectivity index (χ1) is 13.6. The topological polar surface area (TPSA) is 55.4 Å². The van der Waals surface area contributed by atoms with Crippen LogP contribution in [0, 0.1) is 5.82 Å². The molecule has 0 radical (unpaired) electrons. The second-order valence-electron chi connectivity index (χ2n) is 6.77. The van der Waals surface area contributed by atoms with Gasteiger partial charge in [-0.15, -0.1) is 11.3 Å². The van der Waals surface area contributed by atoms with Crippen LogP contribution in [0.25, 0.3) is 11.1 Å².